The first-order valence-corrected chi connectivity index (χ1v) is 10.9. The average molecular weight is 450 g/mol. The minimum atomic E-state index is -4.97. The molecule has 2 saturated carbocycles. The summed E-state index contributed by atoms with van der Waals surface area (Å²) in [5.74, 6) is -2.19. The summed E-state index contributed by atoms with van der Waals surface area (Å²) in [5, 5.41) is 0. The molecule has 3 unspecified atom stereocenters. The van der Waals surface area contributed by atoms with Gasteiger partial charge >= 0.3 is 12.3 Å². The number of carbonyl (C=O) groups excluding carboxylic acids is 1. The molecule has 30 heavy (non-hydrogen) atoms. The van der Waals surface area contributed by atoms with Crippen molar-refractivity contribution in [3.05, 3.63) is 36.4 Å². The van der Waals surface area contributed by atoms with Crippen LogP contribution in [0.15, 0.2) is 30.9 Å². The van der Waals surface area contributed by atoms with E-state index in [4.69, 9.17) is 14.0 Å². The maximum absolute atomic E-state index is 12.8. The molecule has 0 saturated heterocycles. The van der Waals surface area contributed by atoms with E-state index >= 15 is 0 Å². The summed E-state index contributed by atoms with van der Waals surface area (Å²) >= 11 is 0. The van der Waals surface area contributed by atoms with Crippen LogP contribution in [0.3, 0.4) is 0 Å². The average Bonchev–Trinajstić information content (AvgIpc) is 3.22. The molecule has 3 rings (SSSR count). The topological polar surface area (TPSA) is 99.1 Å². The molecule has 2 aliphatic carbocycles. The maximum atomic E-state index is 12.8. The van der Waals surface area contributed by atoms with Crippen LogP contribution in [-0.4, -0.2) is 43.3 Å². The Morgan fingerprint density at radius 2 is 2.03 bits per heavy atom. The molecule has 0 aliphatic heterocycles. The van der Waals surface area contributed by atoms with E-state index in [-0.39, 0.29) is 17.2 Å². The SMILES string of the molecule is C=CC1(Oc2cc(C(=O)OCCS(=O)(=O)O)ccc2OC(F)(F)F)CC2CCC1C2. The highest BCUT2D eigenvalue weighted by atomic mass is 32.2. The summed E-state index contributed by atoms with van der Waals surface area (Å²) in [6.45, 7) is 3.18. The molecule has 3 atom stereocenters. The first-order valence-electron chi connectivity index (χ1n) is 9.25. The Bertz CT molecular complexity index is 929. The Morgan fingerprint density at radius 1 is 1.30 bits per heavy atom. The van der Waals surface area contributed by atoms with Gasteiger partial charge in [0.2, 0.25) is 0 Å². The number of rotatable bonds is 8. The van der Waals surface area contributed by atoms with Gasteiger partial charge in [-0.25, -0.2) is 4.79 Å². The van der Waals surface area contributed by atoms with Crippen molar-refractivity contribution in [2.75, 3.05) is 12.4 Å². The summed E-state index contributed by atoms with van der Waals surface area (Å²) in [6.07, 6.45) is 0.00458. The van der Waals surface area contributed by atoms with Crippen molar-refractivity contribution in [2.45, 2.75) is 37.6 Å². The Hall–Kier alpha value is -2.27. The fourth-order valence-electron chi connectivity index (χ4n) is 4.19. The normalized spacial score (nSPS) is 25.7. The molecule has 2 bridgehead atoms. The number of halogens is 3. The Morgan fingerprint density at radius 3 is 2.57 bits per heavy atom. The summed E-state index contributed by atoms with van der Waals surface area (Å²) in [4.78, 5) is 12.2. The van der Waals surface area contributed by atoms with Crippen molar-refractivity contribution < 1.29 is 45.1 Å². The minimum absolute atomic E-state index is 0.101. The molecule has 0 radical (unpaired) electrons. The van der Waals surface area contributed by atoms with Crippen molar-refractivity contribution in [3.8, 4) is 11.5 Å². The molecule has 11 heteroatoms. The van der Waals surface area contributed by atoms with Gasteiger partial charge in [-0.15, -0.1) is 13.2 Å². The van der Waals surface area contributed by atoms with Gasteiger partial charge in [-0.3, -0.25) is 4.55 Å². The number of esters is 1. The number of hydrogen-bond acceptors (Lipinski definition) is 6. The monoisotopic (exact) mass is 450 g/mol. The zero-order chi connectivity index (χ0) is 22.2. The molecule has 7 nitrogen and oxygen atoms in total. The minimum Gasteiger partial charge on any atom is -0.479 e. The van der Waals surface area contributed by atoms with Gasteiger partial charge in [0.1, 0.15) is 18.0 Å². The molecule has 0 spiro atoms. The third-order valence-electron chi connectivity index (χ3n) is 5.47. The van der Waals surface area contributed by atoms with Crippen LogP contribution in [0.1, 0.15) is 36.0 Å². The Balaban J connectivity index is 1.85. The lowest BCUT2D eigenvalue weighted by molar-refractivity contribution is -0.275. The summed E-state index contributed by atoms with van der Waals surface area (Å²) in [6, 6.07) is 3.05. The van der Waals surface area contributed by atoms with E-state index in [1.807, 2.05) is 0 Å². The van der Waals surface area contributed by atoms with Crippen molar-refractivity contribution in [3.63, 3.8) is 0 Å². The van der Waals surface area contributed by atoms with Crippen LogP contribution in [0.4, 0.5) is 13.2 Å². The van der Waals surface area contributed by atoms with E-state index in [1.165, 1.54) is 0 Å². The number of carbonyl (C=O) groups is 1. The van der Waals surface area contributed by atoms with Gasteiger partial charge in [0.25, 0.3) is 10.1 Å². The molecule has 166 valence electrons. The fourth-order valence-corrected chi connectivity index (χ4v) is 4.48. The molecular formula is C19H21F3O7S. The zero-order valence-electron chi connectivity index (χ0n) is 15.9. The maximum Gasteiger partial charge on any atom is 0.573 e. The highest BCUT2D eigenvalue weighted by Crippen LogP contribution is 2.54. The van der Waals surface area contributed by atoms with E-state index in [0.29, 0.717) is 12.3 Å². The first-order chi connectivity index (χ1) is 13.9. The number of alkyl halides is 3. The second kappa shape index (κ2) is 8.10. The number of fused-ring (bicyclic) bond motifs is 2. The molecule has 1 N–H and O–H groups in total. The molecule has 2 aliphatic rings. The Kier molecular flexibility index (Phi) is 6.06. The van der Waals surface area contributed by atoms with Crippen molar-refractivity contribution in [1.82, 2.24) is 0 Å². The number of benzene rings is 1. The second-order valence-corrected chi connectivity index (χ2v) is 9.04. The fraction of sp³-hybridized carbons (Fsp3) is 0.526. The zero-order valence-corrected chi connectivity index (χ0v) is 16.7. The molecule has 1 aromatic rings. The van der Waals surface area contributed by atoms with Crippen LogP contribution in [0.2, 0.25) is 0 Å². The predicted molar refractivity (Wildman–Crippen MR) is 98.8 cm³/mol. The van der Waals surface area contributed by atoms with Gasteiger partial charge in [0.05, 0.1) is 5.56 Å². The molecule has 1 aromatic carbocycles. The highest BCUT2D eigenvalue weighted by molar-refractivity contribution is 7.85. The second-order valence-electron chi connectivity index (χ2n) is 7.47. The molecule has 0 aromatic heterocycles. The largest absolute Gasteiger partial charge is 0.573 e. The van der Waals surface area contributed by atoms with E-state index in [9.17, 15) is 26.4 Å². The van der Waals surface area contributed by atoms with Crippen LogP contribution in [0.25, 0.3) is 0 Å². The van der Waals surface area contributed by atoms with E-state index < -0.39 is 46.2 Å². The van der Waals surface area contributed by atoms with Crippen LogP contribution < -0.4 is 9.47 Å². The van der Waals surface area contributed by atoms with Gasteiger partial charge in [0.15, 0.2) is 11.5 Å². The summed E-state index contributed by atoms with van der Waals surface area (Å²) < 4.78 is 83.4. The lowest BCUT2D eigenvalue weighted by Gasteiger charge is -2.36. The van der Waals surface area contributed by atoms with Crippen molar-refractivity contribution in [1.29, 1.82) is 0 Å². The van der Waals surface area contributed by atoms with Gasteiger partial charge in [0, 0.05) is 5.92 Å². The van der Waals surface area contributed by atoms with Crippen LogP contribution >= 0.6 is 0 Å². The lowest BCUT2D eigenvalue weighted by atomic mass is 9.84. The van der Waals surface area contributed by atoms with Gasteiger partial charge in [-0.2, -0.15) is 8.42 Å². The molecule has 0 heterocycles. The predicted octanol–water partition coefficient (Wildman–Crippen LogP) is 3.75. The smallest absolute Gasteiger partial charge is 0.479 e. The van der Waals surface area contributed by atoms with Crippen molar-refractivity contribution in [2.24, 2.45) is 11.8 Å². The lowest BCUT2D eigenvalue weighted by Crippen LogP contribution is -2.39. The first kappa shape index (κ1) is 22.4. The van der Waals surface area contributed by atoms with Crippen LogP contribution in [0, 0.1) is 11.8 Å². The molecule has 0 amide bonds. The Labute approximate surface area is 171 Å². The van der Waals surface area contributed by atoms with Gasteiger partial charge < -0.3 is 14.2 Å². The van der Waals surface area contributed by atoms with E-state index in [2.05, 4.69) is 11.3 Å². The van der Waals surface area contributed by atoms with E-state index in [0.717, 1.165) is 37.5 Å². The third-order valence-corrected chi connectivity index (χ3v) is 6.15. The molecule has 2 fully saturated rings. The summed E-state index contributed by atoms with van der Waals surface area (Å²) in [7, 11) is -4.33. The van der Waals surface area contributed by atoms with Crippen LogP contribution in [0.5, 0.6) is 11.5 Å². The number of hydrogen-bond donors (Lipinski definition) is 1. The van der Waals surface area contributed by atoms with E-state index in [1.54, 1.807) is 6.08 Å². The van der Waals surface area contributed by atoms with Gasteiger partial charge in [-0.1, -0.05) is 6.58 Å². The highest BCUT2D eigenvalue weighted by Gasteiger charge is 2.51. The summed E-state index contributed by atoms with van der Waals surface area (Å²) in [5.41, 5.74) is -1.02. The quantitative estimate of drug-likeness (QED) is 0.366. The standard InChI is InChI=1S/C19H21F3O7S/c1-2-18(11-12-3-5-14(18)9-12)28-16-10-13(4-6-15(16)29-19(20,21)22)17(23)27-7-8-30(24,25)26/h2,4,6,10,12,14H,1,3,5,7-9,11H2,(H,24,25,26). The van der Waals surface area contributed by atoms with Gasteiger partial charge in [-0.05, 0) is 55.9 Å². The molecular weight excluding hydrogens is 429 g/mol. The van der Waals surface area contributed by atoms with Crippen molar-refractivity contribution >= 4 is 16.1 Å². The number of ether oxygens (including phenoxy) is 3. The third kappa shape index (κ3) is 5.25. The van der Waals surface area contributed by atoms with Crippen LogP contribution in [-0.2, 0) is 14.9 Å².